The molecule has 0 saturated heterocycles. The molecular formula is C20H26F3IN4O3. The Morgan fingerprint density at radius 1 is 1.03 bits per heavy atom. The molecule has 0 bridgehead atoms. The fraction of sp³-hybridized carbons (Fsp3) is 0.400. The summed E-state index contributed by atoms with van der Waals surface area (Å²) >= 11 is 0. The van der Waals surface area contributed by atoms with Gasteiger partial charge in [-0.2, -0.15) is 13.2 Å². The van der Waals surface area contributed by atoms with Crippen LogP contribution in [0, 0.1) is 0 Å². The van der Waals surface area contributed by atoms with Crippen molar-refractivity contribution in [2.24, 2.45) is 4.99 Å². The average molecular weight is 554 g/mol. The molecule has 0 saturated carbocycles. The lowest BCUT2D eigenvalue weighted by Crippen LogP contribution is -2.37. The summed E-state index contributed by atoms with van der Waals surface area (Å²) in [6.07, 6.45) is -2.19. The van der Waals surface area contributed by atoms with Gasteiger partial charge >= 0.3 is 6.18 Å². The largest absolute Gasteiger partial charge is 0.493 e. The fourth-order valence-electron chi connectivity index (χ4n) is 2.52. The van der Waals surface area contributed by atoms with Crippen molar-refractivity contribution in [1.29, 1.82) is 0 Å². The summed E-state index contributed by atoms with van der Waals surface area (Å²) < 4.78 is 51.6. The molecule has 31 heavy (non-hydrogen) atoms. The molecule has 2 N–H and O–H groups in total. The predicted octanol–water partition coefficient (Wildman–Crippen LogP) is 3.57. The second-order valence-electron chi connectivity index (χ2n) is 6.20. The maximum atomic E-state index is 12.2. The number of nitrogens with zero attached hydrogens (tertiary/aromatic N) is 2. The second kappa shape index (κ2) is 13.1. The molecule has 1 aromatic heterocycles. The van der Waals surface area contributed by atoms with E-state index >= 15 is 0 Å². The van der Waals surface area contributed by atoms with E-state index in [4.69, 9.17) is 9.47 Å². The van der Waals surface area contributed by atoms with E-state index in [0.29, 0.717) is 30.5 Å². The molecule has 0 radical (unpaired) electrons. The van der Waals surface area contributed by atoms with E-state index in [1.807, 2.05) is 18.2 Å². The zero-order valence-electron chi connectivity index (χ0n) is 17.5. The van der Waals surface area contributed by atoms with Crippen LogP contribution >= 0.6 is 24.0 Å². The molecule has 0 unspecified atom stereocenters. The van der Waals surface area contributed by atoms with Crippen LogP contribution in [0.15, 0.2) is 41.5 Å². The van der Waals surface area contributed by atoms with E-state index in [1.165, 1.54) is 12.3 Å². The molecule has 0 aliphatic heterocycles. The van der Waals surface area contributed by atoms with Gasteiger partial charge in [-0.15, -0.1) is 24.0 Å². The first-order valence-electron chi connectivity index (χ1n) is 9.14. The van der Waals surface area contributed by atoms with Crippen LogP contribution < -0.4 is 24.8 Å². The summed E-state index contributed by atoms with van der Waals surface area (Å²) in [5.74, 6) is 1.86. The Morgan fingerprint density at radius 2 is 1.74 bits per heavy atom. The van der Waals surface area contributed by atoms with Gasteiger partial charge in [-0.25, -0.2) is 4.98 Å². The number of aromatic nitrogens is 1. The summed E-state index contributed by atoms with van der Waals surface area (Å²) in [7, 11) is 4.83. The number of ether oxygens (including phenoxy) is 3. The van der Waals surface area contributed by atoms with E-state index in [0.717, 1.165) is 17.5 Å². The highest BCUT2D eigenvalue weighted by Crippen LogP contribution is 2.27. The molecule has 1 aromatic carbocycles. The molecule has 0 spiro atoms. The summed E-state index contributed by atoms with van der Waals surface area (Å²) in [4.78, 5) is 8.02. The van der Waals surface area contributed by atoms with Crippen LogP contribution in [0.4, 0.5) is 13.2 Å². The van der Waals surface area contributed by atoms with Gasteiger partial charge in [-0.1, -0.05) is 12.1 Å². The Hall–Kier alpha value is -2.44. The lowest BCUT2D eigenvalue weighted by Gasteiger charge is -2.13. The highest BCUT2D eigenvalue weighted by atomic mass is 127. The van der Waals surface area contributed by atoms with Crippen LogP contribution in [0.2, 0.25) is 0 Å². The zero-order valence-corrected chi connectivity index (χ0v) is 19.8. The first kappa shape index (κ1) is 26.6. The van der Waals surface area contributed by atoms with E-state index in [9.17, 15) is 13.2 Å². The van der Waals surface area contributed by atoms with Crippen LogP contribution in [0.3, 0.4) is 0 Å². The molecule has 0 fully saturated rings. The van der Waals surface area contributed by atoms with Crippen molar-refractivity contribution in [2.45, 2.75) is 19.1 Å². The number of guanidine groups is 1. The van der Waals surface area contributed by atoms with E-state index < -0.39 is 12.8 Å². The van der Waals surface area contributed by atoms with Gasteiger partial charge < -0.3 is 24.8 Å². The van der Waals surface area contributed by atoms with Crippen molar-refractivity contribution >= 4 is 29.9 Å². The first-order valence-corrected chi connectivity index (χ1v) is 9.14. The van der Waals surface area contributed by atoms with Gasteiger partial charge in [-0.3, -0.25) is 4.99 Å². The molecule has 11 heteroatoms. The first-order chi connectivity index (χ1) is 14.3. The third kappa shape index (κ3) is 9.49. The Morgan fingerprint density at radius 3 is 2.32 bits per heavy atom. The number of halogens is 4. The number of aliphatic imine (C=N–C) groups is 1. The van der Waals surface area contributed by atoms with Crippen molar-refractivity contribution in [3.8, 4) is 17.4 Å². The quantitative estimate of drug-likeness (QED) is 0.281. The second-order valence-corrected chi connectivity index (χ2v) is 6.20. The van der Waals surface area contributed by atoms with Crippen molar-refractivity contribution < 1.29 is 27.4 Å². The molecule has 0 atom stereocenters. The fourth-order valence-corrected chi connectivity index (χ4v) is 2.52. The number of hydrogen-bond donors (Lipinski definition) is 2. The number of methoxy groups -OCH3 is 2. The number of hydrogen-bond acceptors (Lipinski definition) is 5. The molecular weight excluding hydrogens is 528 g/mol. The van der Waals surface area contributed by atoms with Gasteiger partial charge in [0.05, 0.1) is 14.2 Å². The molecule has 1 heterocycles. The summed E-state index contributed by atoms with van der Waals surface area (Å²) in [5, 5.41) is 6.32. The van der Waals surface area contributed by atoms with Crippen LogP contribution in [-0.2, 0) is 13.0 Å². The minimum atomic E-state index is -4.39. The molecule has 0 aliphatic rings. The van der Waals surface area contributed by atoms with Gasteiger partial charge in [0.25, 0.3) is 0 Å². The SMILES string of the molecule is CN=C(NCCc1ccc(OC)c(OC)c1)NCc1ccc(OCC(F)(F)F)nc1.I. The smallest absolute Gasteiger partial charge is 0.422 e. The van der Waals surface area contributed by atoms with E-state index in [-0.39, 0.29) is 29.9 Å². The highest BCUT2D eigenvalue weighted by Gasteiger charge is 2.28. The Balaban J connectivity index is 0.00000480. The Kier molecular flexibility index (Phi) is 11.2. The van der Waals surface area contributed by atoms with Gasteiger partial charge in [-0.05, 0) is 29.7 Å². The standard InChI is InChI=1S/C20H25F3N4O3.HI/c1-24-19(25-9-8-14-4-6-16(28-2)17(10-14)29-3)27-12-15-5-7-18(26-11-15)30-13-20(21,22)23;/h4-7,10-11H,8-9,12-13H2,1-3H3,(H2,24,25,27);1H. The minimum absolute atomic E-state index is 0. The van der Waals surface area contributed by atoms with Crippen LogP contribution in [-0.4, -0.2) is 51.5 Å². The van der Waals surface area contributed by atoms with Gasteiger partial charge in [0.2, 0.25) is 5.88 Å². The Bertz CT molecular complexity index is 833. The number of rotatable bonds is 9. The Labute approximate surface area is 196 Å². The van der Waals surface area contributed by atoms with Crippen LogP contribution in [0.5, 0.6) is 17.4 Å². The molecule has 172 valence electrons. The van der Waals surface area contributed by atoms with E-state index in [2.05, 4.69) is 25.3 Å². The summed E-state index contributed by atoms with van der Waals surface area (Å²) in [6.45, 7) is -0.325. The average Bonchev–Trinajstić information content (AvgIpc) is 2.74. The highest BCUT2D eigenvalue weighted by molar-refractivity contribution is 14.0. The summed E-state index contributed by atoms with van der Waals surface area (Å²) in [5.41, 5.74) is 1.85. The lowest BCUT2D eigenvalue weighted by atomic mass is 10.1. The van der Waals surface area contributed by atoms with Gasteiger partial charge in [0.15, 0.2) is 24.1 Å². The lowest BCUT2D eigenvalue weighted by molar-refractivity contribution is -0.154. The molecule has 0 aliphatic carbocycles. The van der Waals surface area contributed by atoms with Gasteiger partial charge in [0.1, 0.15) is 0 Å². The van der Waals surface area contributed by atoms with Gasteiger partial charge in [0, 0.05) is 32.4 Å². The predicted molar refractivity (Wildman–Crippen MR) is 123 cm³/mol. The summed E-state index contributed by atoms with van der Waals surface area (Å²) in [6, 6.07) is 8.78. The number of pyridine rings is 1. The molecule has 0 amide bonds. The molecule has 2 rings (SSSR count). The number of benzene rings is 1. The van der Waals surface area contributed by atoms with Crippen LogP contribution in [0.25, 0.3) is 0 Å². The zero-order chi connectivity index (χ0) is 22.0. The number of alkyl halides is 3. The van der Waals surface area contributed by atoms with Crippen LogP contribution in [0.1, 0.15) is 11.1 Å². The number of nitrogens with one attached hydrogen (secondary N) is 2. The monoisotopic (exact) mass is 554 g/mol. The van der Waals surface area contributed by atoms with Crippen molar-refractivity contribution in [1.82, 2.24) is 15.6 Å². The maximum absolute atomic E-state index is 12.2. The van der Waals surface area contributed by atoms with E-state index in [1.54, 1.807) is 27.3 Å². The van der Waals surface area contributed by atoms with Crippen molar-refractivity contribution in [2.75, 3.05) is 34.4 Å². The molecule has 7 nitrogen and oxygen atoms in total. The maximum Gasteiger partial charge on any atom is 0.422 e. The van der Waals surface area contributed by atoms with Crippen molar-refractivity contribution in [3.05, 3.63) is 47.7 Å². The topological polar surface area (TPSA) is 77.0 Å². The molecule has 2 aromatic rings. The van der Waals surface area contributed by atoms with Crippen molar-refractivity contribution in [3.63, 3.8) is 0 Å². The third-order valence-electron chi connectivity index (χ3n) is 4.02. The minimum Gasteiger partial charge on any atom is -0.493 e. The normalized spacial score (nSPS) is 11.4. The third-order valence-corrected chi connectivity index (χ3v) is 4.02.